The van der Waals surface area contributed by atoms with Gasteiger partial charge in [0.2, 0.25) is 0 Å². The molecule has 1 N–H and O–H groups in total. The second-order valence-electron chi connectivity index (χ2n) is 5.22. The highest BCUT2D eigenvalue weighted by Gasteiger charge is 2.14. The number of aromatic nitrogens is 2. The molecule has 1 atom stereocenters. The van der Waals surface area contributed by atoms with Gasteiger partial charge >= 0.3 is 0 Å². The second-order valence-corrected chi connectivity index (χ2v) is 5.22. The molecule has 4 heteroatoms. The fourth-order valence-corrected chi connectivity index (χ4v) is 2.41. The van der Waals surface area contributed by atoms with Crippen LogP contribution in [-0.4, -0.2) is 16.3 Å². The Morgan fingerprint density at radius 3 is 2.65 bits per heavy atom. The number of hydrogen-bond acceptors (Lipinski definition) is 2. The summed E-state index contributed by atoms with van der Waals surface area (Å²) >= 11 is 0. The van der Waals surface area contributed by atoms with Crippen molar-refractivity contribution >= 4 is 0 Å². The van der Waals surface area contributed by atoms with Gasteiger partial charge in [0.25, 0.3) is 0 Å². The standard InChI is InChI=1S/C16H22FN3/c1-5-8-18-13(4)15-10-14(17)6-7-16(15)20-12(3)9-11(2)19-20/h6-7,9-10,13,18H,5,8H2,1-4H3. The average Bonchev–Trinajstić information content (AvgIpc) is 2.74. The number of rotatable bonds is 5. The molecule has 0 radical (unpaired) electrons. The van der Waals surface area contributed by atoms with Crippen LogP contribution in [-0.2, 0) is 0 Å². The fraction of sp³-hybridized carbons (Fsp3) is 0.438. The van der Waals surface area contributed by atoms with E-state index in [0.29, 0.717) is 0 Å². The van der Waals surface area contributed by atoms with Crippen LogP contribution in [0, 0.1) is 19.7 Å². The molecule has 0 aliphatic rings. The van der Waals surface area contributed by atoms with Crippen molar-refractivity contribution in [3.05, 3.63) is 47.0 Å². The largest absolute Gasteiger partial charge is 0.310 e. The number of benzene rings is 1. The molecular formula is C16H22FN3. The minimum Gasteiger partial charge on any atom is -0.310 e. The van der Waals surface area contributed by atoms with E-state index in [9.17, 15) is 4.39 Å². The van der Waals surface area contributed by atoms with E-state index in [0.717, 1.165) is 35.6 Å². The Balaban J connectivity index is 2.45. The first-order valence-corrected chi connectivity index (χ1v) is 7.09. The predicted octanol–water partition coefficient (Wildman–Crippen LogP) is 3.69. The quantitative estimate of drug-likeness (QED) is 0.902. The lowest BCUT2D eigenvalue weighted by molar-refractivity contribution is 0.557. The van der Waals surface area contributed by atoms with E-state index in [1.165, 1.54) is 6.07 Å². The van der Waals surface area contributed by atoms with Gasteiger partial charge in [0.1, 0.15) is 5.82 Å². The van der Waals surface area contributed by atoms with Crippen LogP contribution in [0.1, 0.15) is 43.3 Å². The summed E-state index contributed by atoms with van der Waals surface area (Å²) in [6.07, 6.45) is 1.05. The van der Waals surface area contributed by atoms with Crippen molar-refractivity contribution < 1.29 is 4.39 Å². The average molecular weight is 275 g/mol. The van der Waals surface area contributed by atoms with Crippen LogP contribution in [0.15, 0.2) is 24.3 Å². The van der Waals surface area contributed by atoms with Gasteiger partial charge < -0.3 is 5.32 Å². The van der Waals surface area contributed by atoms with Crippen LogP contribution in [0.25, 0.3) is 5.69 Å². The molecule has 0 fully saturated rings. The first kappa shape index (κ1) is 14.7. The highest BCUT2D eigenvalue weighted by molar-refractivity contribution is 5.44. The van der Waals surface area contributed by atoms with E-state index >= 15 is 0 Å². The lowest BCUT2D eigenvalue weighted by Crippen LogP contribution is -2.21. The van der Waals surface area contributed by atoms with Gasteiger partial charge in [-0.2, -0.15) is 5.10 Å². The van der Waals surface area contributed by atoms with Crippen LogP contribution in [0.5, 0.6) is 0 Å². The third-order valence-corrected chi connectivity index (χ3v) is 3.39. The van der Waals surface area contributed by atoms with Crippen molar-refractivity contribution in [3.63, 3.8) is 0 Å². The van der Waals surface area contributed by atoms with Crippen molar-refractivity contribution in [1.29, 1.82) is 0 Å². The number of aryl methyl sites for hydroxylation is 2. The van der Waals surface area contributed by atoms with Crippen LogP contribution < -0.4 is 5.32 Å². The van der Waals surface area contributed by atoms with Crippen molar-refractivity contribution in [2.24, 2.45) is 0 Å². The van der Waals surface area contributed by atoms with E-state index in [1.807, 2.05) is 24.6 Å². The highest BCUT2D eigenvalue weighted by atomic mass is 19.1. The van der Waals surface area contributed by atoms with E-state index in [-0.39, 0.29) is 11.9 Å². The monoisotopic (exact) mass is 275 g/mol. The zero-order chi connectivity index (χ0) is 14.7. The van der Waals surface area contributed by atoms with Gasteiger partial charge in [0.05, 0.1) is 11.4 Å². The molecule has 1 heterocycles. The maximum Gasteiger partial charge on any atom is 0.123 e. The molecule has 1 unspecified atom stereocenters. The molecule has 20 heavy (non-hydrogen) atoms. The summed E-state index contributed by atoms with van der Waals surface area (Å²) in [6.45, 7) is 9.06. The Labute approximate surface area is 119 Å². The molecule has 0 amide bonds. The molecule has 0 spiro atoms. The van der Waals surface area contributed by atoms with Gasteiger partial charge in [0.15, 0.2) is 0 Å². The topological polar surface area (TPSA) is 29.9 Å². The minimum atomic E-state index is -0.213. The normalized spacial score (nSPS) is 12.7. The summed E-state index contributed by atoms with van der Waals surface area (Å²) in [7, 11) is 0. The lowest BCUT2D eigenvalue weighted by Gasteiger charge is -2.18. The van der Waals surface area contributed by atoms with Crippen LogP contribution in [0.3, 0.4) is 0 Å². The van der Waals surface area contributed by atoms with Crippen molar-refractivity contribution in [2.75, 3.05) is 6.54 Å². The van der Waals surface area contributed by atoms with E-state index in [2.05, 4.69) is 24.3 Å². The van der Waals surface area contributed by atoms with E-state index < -0.39 is 0 Å². The molecule has 1 aromatic carbocycles. The Kier molecular flexibility index (Phi) is 4.55. The van der Waals surface area contributed by atoms with E-state index in [1.54, 1.807) is 12.1 Å². The first-order valence-electron chi connectivity index (χ1n) is 7.09. The maximum absolute atomic E-state index is 13.6. The zero-order valence-corrected chi connectivity index (χ0v) is 12.6. The SMILES string of the molecule is CCCNC(C)c1cc(F)ccc1-n1nc(C)cc1C. The predicted molar refractivity (Wildman–Crippen MR) is 79.7 cm³/mol. The minimum absolute atomic E-state index is 0.0876. The Bertz CT molecular complexity index is 589. The number of nitrogens with one attached hydrogen (secondary N) is 1. The highest BCUT2D eigenvalue weighted by Crippen LogP contribution is 2.24. The Hall–Kier alpha value is -1.68. The molecule has 0 bridgehead atoms. The number of nitrogens with zero attached hydrogens (tertiary/aromatic N) is 2. The molecule has 2 aromatic rings. The first-order chi connectivity index (χ1) is 9.52. The molecular weight excluding hydrogens is 253 g/mol. The Morgan fingerprint density at radius 2 is 2.05 bits per heavy atom. The molecule has 1 aromatic heterocycles. The summed E-state index contributed by atoms with van der Waals surface area (Å²) in [5.41, 5.74) is 3.89. The maximum atomic E-state index is 13.6. The Morgan fingerprint density at radius 1 is 1.30 bits per heavy atom. The number of hydrogen-bond donors (Lipinski definition) is 1. The van der Waals surface area contributed by atoms with Crippen molar-refractivity contribution in [1.82, 2.24) is 15.1 Å². The molecule has 2 rings (SSSR count). The zero-order valence-electron chi connectivity index (χ0n) is 12.6. The molecule has 108 valence electrons. The fourth-order valence-electron chi connectivity index (χ4n) is 2.41. The van der Waals surface area contributed by atoms with Crippen molar-refractivity contribution in [2.45, 2.75) is 40.2 Å². The second kappa shape index (κ2) is 6.18. The van der Waals surface area contributed by atoms with Gasteiger partial charge in [-0.3, -0.25) is 0 Å². The summed E-state index contributed by atoms with van der Waals surface area (Å²) in [4.78, 5) is 0. The molecule has 0 saturated heterocycles. The summed E-state index contributed by atoms with van der Waals surface area (Å²) in [5.74, 6) is -0.213. The van der Waals surface area contributed by atoms with Gasteiger partial charge in [-0.1, -0.05) is 6.92 Å². The van der Waals surface area contributed by atoms with E-state index in [4.69, 9.17) is 0 Å². The van der Waals surface area contributed by atoms with Crippen molar-refractivity contribution in [3.8, 4) is 5.69 Å². The molecule has 3 nitrogen and oxygen atoms in total. The molecule has 0 saturated carbocycles. The van der Waals surface area contributed by atoms with Crippen LogP contribution in [0.2, 0.25) is 0 Å². The van der Waals surface area contributed by atoms with Crippen LogP contribution >= 0.6 is 0 Å². The van der Waals surface area contributed by atoms with Gasteiger partial charge in [-0.15, -0.1) is 0 Å². The summed E-state index contributed by atoms with van der Waals surface area (Å²) < 4.78 is 15.5. The molecule has 0 aliphatic heterocycles. The van der Waals surface area contributed by atoms with Crippen LogP contribution in [0.4, 0.5) is 4.39 Å². The third kappa shape index (κ3) is 3.07. The van der Waals surface area contributed by atoms with Gasteiger partial charge in [0, 0.05) is 11.7 Å². The third-order valence-electron chi connectivity index (χ3n) is 3.39. The lowest BCUT2D eigenvalue weighted by atomic mass is 10.1. The number of halogens is 1. The smallest absolute Gasteiger partial charge is 0.123 e. The summed E-state index contributed by atoms with van der Waals surface area (Å²) in [6, 6.07) is 7.00. The molecule has 0 aliphatic carbocycles. The van der Waals surface area contributed by atoms with Gasteiger partial charge in [-0.25, -0.2) is 9.07 Å². The summed E-state index contributed by atoms with van der Waals surface area (Å²) in [5, 5.41) is 7.90. The van der Waals surface area contributed by atoms with Gasteiger partial charge in [-0.05, 0) is 63.6 Å².